The molecule has 0 saturated carbocycles. The van der Waals surface area contributed by atoms with Gasteiger partial charge in [0.15, 0.2) is 0 Å². The van der Waals surface area contributed by atoms with Gasteiger partial charge in [0, 0.05) is 17.7 Å². The van der Waals surface area contributed by atoms with E-state index in [0.29, 0.717) is 24.0 Å². The Bertz CT molecular complexity index is 1150. The number of carbonyl (C=O) groups is 1. The molecule has 0 bridgehead atoms. The van der Waals surface area contributed by atoms with E-state index in [9.17, 15) is 14.3 Å². The van der Waals surface area contributed by atoms with Crippen molar-refractivity contribution in [3.05, 3.63) is 95.3 Å². The number of esters is 1. The first-order chi connectivity index (χ1) is 16.9. The van der Waals surface area contributed by atoms with Crippen LogP contribution in [0.3, 0.4) is 0 Å². The highest BCUT2D eigenvalue weighted by Gasteiger charge is 2.11. The Balaban J connectivity index is 1.80. The Morgan fingerprint density at radius 1 is 0.886 bits per heavy atom. The summed E-state index contributed by atoms with van der Waals surface area (Å²) >= 11 is 0. The van der Waals surface area contributed by atoms with Gasteiger partial charge in [-0.05, 0) is 78.1 Å². The van der Waals surface area contributed by atoms with Gasteiger partial charge in [0.1, 0.15) is 12.4 Å². The highest BCUT2D eigenvalue weighted by atomic mass is 19.1. The number of rotatable bonds is 12. The van der Waals surface area contributed by atoms with Gasteiger partial charge in [0.05, 0.1) is 0 Å². The lowest BCUT2D eigenvalue weighted by molar-refractivity contribution is -0.140. The molecule has 0 unspecified atom stereocenters. The van der Waals surface area contributed by atoms with E-state index in [0.717, 1.165) is 59.1 Å². The molecule has 4 heteroatoms. The monoisotopic (exact) mass is 474 g/mol. The number of aryl methyl sites for hydroxylation is 2. The lowest BCUT2D eigenvalue weighted by Crippen LogP contribution is -2.07. The van der Waals surface area contributed by atoms with Gasteiger partial charge >= 0.3 is 5.97 Å². The molecule has 0 atom stereocenters. The van der Waals surface area contributed by atoms with Gasteiger partial charge in [-0.1, -0.05) is 74.9 Å². The SMILES string of the molecule is C=C(C)C(=O)OCc1cc(-c2ccc(-c3ccc(CCCCC)cc3F)cc2)ccc1CCCO. The highest BCUT2D eigenvalue weighted by molar-refractivity contribution is 5.87. The zero-order valence-corrected chi connectivity index (χ0v) is 20.8. The quantitative estimate of drug-likeness (QED) is 0.169. The topological polar surface area (TPSA) is 46.5 Å². The molecule has 0 amide bonds. The minimum Gasteiger partial charge on any atom is -0.457 e. The lowest BCUT2D eigenvalue weighted by Gasteiger charge is -2.13. The molecule has 0 radical (unpaired) electrons. The second-order valence-corrected chi connectivity index (χ2v) is 9.02. The number of aliphatic hydroxyl groups excluding tert-OH is 1. The fourth-order valence-electron chi connectivity index (χ4n) is 4.09. The van der Waals surface area contributed by atoms with Crippen molar-refractivity contribution in [2.24, 2.45) is 0 Å². The highest BCUT2D eigenvalue weighted by Crippen LogP contribution is 2.29. The summed E-state index contributed by atoms with van der Waals surface area (Å²) in [7, 11) is 0. The number of carbonyl (C=O) groups excluding carboxylic acids is 1. The van der Waals surface area contributed by atoms with Gasteiger partial charge in [-0.15, -0.1) is 0 Å². The molecule has 0 spiro atoms. The first-order valence-corrected chi connectivity index (χ1v) is 12.4. The molecular weight excluding hydrogens is 439 g/mol. The molecule has 0 saturated heterocycles. The number of benzene rings is 3. The summed E-state index contributed by atoms with van der Waals surface area (Å²) in [5.41, 5.74) is 6.75. The van der Waals surface area contributed by atoms with Crippen molar-refractivity contribution in [3.8, 4) is 22.3 Å². The van der Waals surface area contributed by atoms with Crippen LogP contribution in [0.15, 0.2) is 72.8 Å². The third kappa shape index (κ3) is 7.37. The molecule has 3 rings (SSSR count). The van der Waals surface area contributed by atoms with Crippen LogP contribution in [-0.2, 0) is 29.0 Å². The molecule has 3 aromatic carbocycles. The van der Waals surface area contributed by atoms with E-state index in [2.05, 4.69) is 13.5 Å². The first-order valence-electron chi connectivity index (χ1n) is 12.4. The number of halogens is 1. The molecule has 0 aromatic heterocycles. The van der Waals surface area contributed by atoms with Crippen molar-refractivity contribution in [1.82, 2.24) is 0 Å². The first kappa shape index (κ1) is 26.4. The van der Waals surface area contributed by atoms with Crippen LogP contribution in [-0.4, -0.2) is 17.7 Å². The fourth-order valence-corrected chi connectivity index (χ4v) is 4.09. The predicted octanol–water partition coefficient (Wildman–Crippen LogP) is 7.44. The van der Waals surface area contributed by atoms with E-state index >= 15 is 0 Å². The zero-order valence-electron chi connectivity index (χ0n) is 20.8. The van der Waals surface area contributed by atoms with Crippen molar-refractivity contribution in [3.63, 3.8) is 0 Å². The molecule has 0 heterocycles. The summed E-state index contributed by atoms with van der Waals surface area (Å²) in [6.45, 7) is 7.67. The minimum absolute atomic E-state index is 0.102. The maximum Gasteiger partial charge on any atom is 0.333 e. The molecule has 3 nitrogen and oxygen atoms in total. The number of hydrogen-bond donors (Lipinski definition) is 1. The van der Waals surface area contributed by atoms with Crippen LogP contribution in [0, 0.1) is 5.82 Å². The number of hydrogen-bond acceptors (Lipinski definition) is 3. The van der Waals surface area contributed by atoms with Gasteiger partial charge in [-0.25, -0.2) is 9.18 Å². The van der Waals surface area contributed by atoms with E-state index < -0.39 is 5.97 Å². The van der Waals surface area contributed by atoms with Crippen LogP contribution in [0.4, 0.5) is 4.39 Å². The van der Waals surface area contributed by atoms with E-state index in [4.69, 9.17) is 4.74 Å². The number of aliphatic hydroxyl groups is 1. The molecular formula is C31H35FO3. The maximum absolute atomic E-state index is 14.8. The summed E-state index contributed by atoms with van der Waals surface area (Å²) in [6, 6.07) is 19.4. The van der Waals surface area contributed by atoms with E-state index in [1.54, 1.807) is 13.0 Å². The average Bonchev–Trinajstić information content (AvgIpc) is 2.86. The summed E-state index contributed by atoms with van der Waals surface area (Å²) in [5, 5.41) is 9.22. The number of unbranched alkanes of at least 4 members (excludes halogenated alkanes) is 2. The van der Waals surface area contributed by atoms with E-state index in [1.165, 1.54) is 0 Å². The Hall–Kier alpha value is -3.24. The fraction of sp³-hybridized carbons (Fsp3) is 0.323. The number of ether oxygens (including phenoxy) is 1. The molecule has 3 aromatic rings. The van der Waals surface area contributed by atoms with Gasteiger partial charge in [0.2, 0.25) is 0 Å². The van der Waals surface area contributed by atoms with Gasteiger partial charge in [-0.3, -0.25) is 0 Å². The van der Waals surface area contributed by atoms with Gasteiger partial charge in [0.25, 0.3) is 0 Å². The third-order valence-electron chi connectivity index (χ3n) is 6.15. The van der Waals surface area contributed by atoms with Crippen LogP contribution >= 0.6 is 0 Å². The molecule has 0 fully saturated rings. The van der Waals surface area contributed by atoms with Crippen molar-refractivity contribution in [2.45, 2.75) is 59.0 Å². The van der Waals surface area contributed by atoms with Crippen LogP contribution in [0.1, 0.15) is 56.2 Å². The summed E-state index contributed by atoms with van der Waals surface area (Å²) in [4.78, 5) is 11.9. The Morgan fingerprint density at radius 2 is 1.60 bits per heavy atom. The van der Waals surface area contributed by atoms with Crippen LogP contribution in [0.25, 0.3) is 22.3 Å². The Kier molecular flexibility index (Phi) is 9.80. The van der Waals surface area contributed by atoms with Gasteiger partial charge < -0.3 is 9.84 Å². The largest absolute Gasteiger partial charge is 0.457 e. The van der Waals surface area contributed by atoms with Crippen molar-refractivity contribution in [1.29, 1.82) is 0 Å². The van der Waals surface area contributed by atoms with Crippen LogP contribution in [0.2, 0.25) is 0 Å². The summed E-state index contributed by atoms with van der Waals surface area (Å²) < 4.78 is 20.2. The predicted molar refractivity (Wildman–Crippen MR) is 141 cm³/mol. The second kappa shape index (κ2) is 13.0. The van der Waals surface area contributed by atoms with E-state index in [1.807, 2.05) is 54.6 Å². The Labute approximate surface area is 208 Å². The van der Waals surface area contributed by atoms with Crippen LogP contribution < -0.4 is 0 Å². The van der Waals surface area contributed by atoms with Crippen molar-refractivity contribution < 1.29 is 19.0 Å². The molecule has 0 aliphatic rings. The molecule has 0 aliphatic heterocycles. The normalized spacial score (nSPS) is 10.9. The third-order valence-corrected chi connectivity index (χ3v) is 6.15. The minimum atomic E-state index is -0.425. The average molecular weight is 475 g/mol. The zero-order chi connectivity index (χ0) is 25.2. The molecule has 0 aliphatic carbocycles. The standard InChI is InChI=1S/C31H35FO3/c1-4-5-6-8-23-10-17-29(30(32)19-23)26-14-11-25(12-15-26)27-16-13-24(9-7-18-33)28(20-27)21-35-31(34)22(2)3/h10-17,19-20,33H,2,4-9,18,21H2,1,3H3. The van der Waals surface area contributed by atoms with E-state index in [-0.39, 0.29) is 19.0 Å². The Morgan fingerprint density at radius 3 is 2.26 bits per heavy atom. The van der Waals surface area contributed by atoms with Crippen LogP contribution in [0.5, 0.6) is 0 Å². The van der Waals surface area contributed by atoms with Crippen molar-refractivity contribution >= 4 is 5.97 Å². The van der Waals surface area contributed by atoms with Gasteiger partial charge in [-0.2, -0.15) is 0 Å². The lowest BCUT2D eigenvalue weighted by atomic mass is 9.95. The van der Waals surface area contributed by atoms with Crippen molar-refractivity contribution in [2.75, 3.05) is 6.61 Å². The molecule has 35 heavy (non-hydrogen) atoms. The second-order valence-electron chi connectivity index (χ2n) is 9.02. The molecule has 184 valence electrons. The maximum atomic E-state index is 14.8. The smallest absolute Gasteiger partial charge is 0.333 e. The summed E-state index contributed by atoms with van der Waals surface area (Å²) in [5.74, 6) is -0.618. The summed E-state index contributed by atoms with van der Waals surface area (Å²) in [6.07, 6.45) is 5.63. The molecule has 1 N–H and O–H groups in total.